The molecular formula is C10H8N2O6. The van der Waals surface area contributed by atoms with Crippen LogP contribution in [0.25, 0.3) is 0 Å². The first kappa shape index (κ1) is 13.3. The molecule has 18 heavy (non-hydrogen) atoms. The highest BCUT2D eigenvalue weighted by Gasteiger charge is 2.25. The van der Waals surface area contributed by atoms with Crippen LogP contribution < -0.4 is 0 Å². The van der Waals surface area contributed by atoms with E-state index in [1.54, 1.807) is 0 Å². The fourth-order valence-electron chi connectivity index (χ4n) is 1.03. The minimum atomic E-state index is -2.02. The van der Waals surface area contributed by atoms with Crippen LogP contribution in [0.15, 0.2) is 34.5 Å². The van der Waals surface area contributed by atoms with Gasteiger partial charge in [-0.05, 0) is 18.2 Å². The van der Waals surface area contributed by atoms with Crippen LogP contribution in [0.1, 0.15) is 10.4 Å². The molecule has 0 aromatic heterocycles. The number of carbonyl (C=O) groups is 3. The van der Waals surface area contributed by atoms with Crippen molar-refractivity contribution in [3.05, 3.63) is 29.8 Å². The maximum absolute atomic E-state index is 10.6. The zero-order valence-electron chi connectivity index (χ0n) is 8.85. The van der Waals surface area contributed by atoms with E-state index in [4.69, 9.17) is 15.3 Å². The Bertz CT molecular complexity index is 511. The second kappa shape index (κ2) is 5.53. The van der Waals surface area contributed by atoms with Crippen LogP contribution in [0.2, 0.25) is 0 Å². The zero-order valence-corrected chi connectivity index (χ0v) is 8.85. The van der Waals surface area contributed by atoms with Gasteiger partial charge in [0.25, 0.3) is 6.04 Å². The molecule has 0 fully saturated rings. The number of hydrogen-bond acceptors (Lipinski definition) is 5. The average Bonchev–Trinajstić information content (AvgIpc) is 2.28. The van der Waals surface area contributed by atoms with Crippen LogP contribution in [0, 0.1) is 0 Å². The number of nitrogens with zero attached hydrogens (tertiary/aromatic N) is 2. The van der Waals surface area contributed by atoms with Gasteiger partial charge in [0.15, 0.2) is 0 Å². The first-order valence-corrected chi connectivity index (χ1v) is 4.61. The SMILES string of the molecule is O=C(O)c1cccc(N=NC(C(=O)O)C(=O)O)c1. The first-order valence-electron chi connectivity index (χ1n) is 4.61. The Morgan fingerprint density at radius 1 is 1.06 bits per heavy atom. The topological polar surface area (TPSA) is 137 Å². The molecule has 0 atom stereocenters. The lowest BCUT2D eigenvalue weighted by Gasteiger charge is -1.99. The summed E-state index contributed by atoms with van der Waals surface area (Å²) >= 11 is 0. The molecule has 0 amide bonds. The molecule has 8 nitrogen and oxygen atoms in total. The van der Waals surface area contributed by atoms with Crippen molar-refractivity contribution in [2.45, 2.75) is 6.04 Å². The lowest BCUT2D eigenvalue weighted by molar-refractivity contribution is -0.149. The van der Waals surface area contributed by atoms with E-state index in [0.29, 0.717) is 0 Å². The molecular weight excluding hydrogens is 244 g/mol. The molecule has 94 valence electrons. The Balaban J connectivity index is 2.96. The summed E-state index contributed by atoms with van der Waals surface area (Å²) in [7, 11) is 0. The van der Waals surface area contributed by atoms with Crippen molar-refractivity contribution in [3.8, 4) is 0 Å². The van der Waals surface area contributed by atoms with Crippen molar-refractivity contribution in [2.24, 2.45) is 10.2 Å². The molecule has 0 unspecified atom stereocenters. The predicted octanol–water partition coefficient (Wildman–Crippen LogP) is 1.01. The van der Waals surface area contributed by atoms with Crippen molar-refractivity contribution in [2.75, 3.05) is 0 Å². The number of carboxylic acid groups (broad SMARTS) is 3. The number of aliphatic carboxylic acids is 2. The van der Waals surface area contributed by atoms with Gasteiger partial charge in [0.1, 0.15) is 0 Å². The monoisotopic (exact) mass is 252 g/mol. The van der Waals surface area contributed by atoms with Crippen LogP contribution in [-0.4, -0.2) is 39.3 Å². The smallest absolute Gasteiger partial charge is 0.342 e. The summed E-state index contributed by atoms with van der Waals surface area (Å²) in [4.78, 5) is 31.7. The van der Waals surface area contributed by atoms with E-state index >= 15 is 0 Å². The van der Waals surface area contributed by atoms with E-state index in [0.717, 1.165) is 6.07 Å². The molecule has 0 heterocycles. The lowest BCUT2D eigenvalue weighted by Crippen LogP contribution is -2.27. The van der Waals surface area contributed by atoms with Gasteiger partial charge in [0.05, 0.1) is 11.3 Å². The van der Waals surface area contributed by atoms with E-state index in [2.05, 4.69) is 10.2 Å². The highest BCUT2D eigenvalue weighted by atomic mass is 16.4. The lowest BCUT2D eigenvalue weighted by atomic mass is 10.2. The molecule has 0 radical (unpaired) electrons. The molecule has 3 N–H and O–H groups in total. The van der Waals surface area contributed by atoms with E-state index in [9.17, 15) is 14.4 Å². The van der Waals surface area contributed by atoms with Crippen molar-refractivity contribution in [1.82, 2.24) is 0 Å². The highest BCUT2D eigenvalue weighted by molar-refractivity contribution is 5.97. The van der Waals surface area contributed by atoms with Gasteiger partial charge in [0, 0.05) is 0 Å². The number of aromatic carboxylic acids is 1. The molecule has 0 aliphatic heterocycles. The van der Waals surface area contributed by atoms with Gasteiger partial charge >= 0.3 is 17.9 Å². The molecule has 1 aromatic rings. The van der Waals surface area contributed by atoms with Crippen molar-refractivity contribution in [3.63, 3.8) is 0 Å². The second-order valence-corrected chi connectivity index (χ2v) is 3.15. The Hall–Kier alpha value is -2.77. The molecule has 0 saturated carbocycles. The van der Waals surface area contributed by atoms with Gasteiger partial charge in [-0.15, -0.1) is 0 Å². The quantitative estimate of drug-likeness (QED) is 0.528. The fraction of sp³-hybridized carbons (Fsp3) is 0.100. The zero-order chi connectivity index (χ0) is 13.7. The molecule has 0 spiro atoms. The van der Waals surface area contributed by atoms with Gasteiger partial charge < -0.3 is 15.3 Å². The first-order chi connectivity index (χ1) is 8.41. The third-order valence-corrected chi connectivity index (χ3v) is 1.85. The normalized spacial score (nSPS) is 10.7. The summed E-state index contributed by atoms with van der Waals surface area (Å²) in [6, 6.07) is 3.20. The van der Waals surface area contributed by atoms with E-state index in [1.165, 1.54) is 18.2 Å². The number of benzene rings is 1. The molecule has 0 bridgehead atoms. The Morgan fingerprint density at radius 3 is 2.17 bits per heavy atom. The van der Waals surface area contributed by atoms with Crippen molar-refractivity contribution in [1.29, 1.82) is 0 Å². The Morgan fingerprint density at radius 2 is 1.67 bits per heavy atom. The standard InChI is InChI=1S/C10H8N2O6/c13-8(14)5-2-1-3-6(4-5)11-12-7(9(15)16)10(17)18/h1-4,7H,(H,13,14)(H,15,16)(H,17,18). The van der Waals surface area contributed by atoms with E-state index < -0.39 is 23.9 Å². The Labute approximate surface area is 100 Å². The van der Waals surface area contributed by atoms with Crippen LogP contribution >= 0.6 is 0 Å². The highest BCUT2D eigenvalue weighted by Crippen LogP contribution is 2.15. The molecule has 1 aromatic carbocycles. The summed E-state index contributed by atoms with van der Waals surface area (Å²) < 4.78 is 0. The summed E-state index contributed by atoms with van der Waals surface area (Å²) in [6.07, 6.45) is 0. The molecule has 0 aliphatic carbocycles. The van der Waals surface area contributed by atoms with Crippen molar-refractivity contribution < 1.29 is 29.7 Å². The largest absolute Gasteiger partial charge is 0.479 e. The van der Waals surface area contributed by atoms with Gasteiger partial charge in [-0.25, -0.2) is 14.4 Å². The Kier molecular flexibility index (Phi) is 4.08. The fourth-order valence-corrected chi connectivity index (χ4v) is 1.03. The summed E-state index contributed by atoms with van der Waals surface area (Å²) in [5.74, 6) is -4.48. The summed E-state index contributed by atoms with van der Waals surface area (Å²) in [5.41, 5.74) is -0.00366. The third-order valence-electron chi connectivity index (χ3n) is 1.85. The van der Waals surface area contributed by atoms with Gasteiger partial charge in [-0.3, -0.25) is 0 Å². The number of azo groups is 1. The minimum Gasteiger partial charge on any atom is -0.479 e. The van der Waals surface area contributed by atoms with E-state index in [1.807, 2.05) is 0 Å². The third kappa shape index (κ3) is 3.37. The van der Waals surface area contributed by atoms with Crippen LogP contribution in [0.3, 0.4) is 0 Å². The molecule has 1 rings (SSSR count). The maximum Gasteiger partial charge on any atom is 0.342 e. The maximum atomic E-state index is 10.6. The van der Waals surface area contributed by atoms with Crippen molar-refractivity contribution >= 4 is 23.6 Å². The van der Waals surface area contributed by atoms with Crippen LogP contribution in [0.4, 0.5) is 5.69 Å². The van der Waals surface area contributed by atoms with Crippen LogP contribution in [0.5, 0.6) is 0 Å². The predicted molar refractivity (Wildman–Crippen MR) is 57.0 cm³/mol. The van der Waals surface area contributed by atoms with Gasteiger partial charge in [0.2, 0.25) is 0 Å². The molecule has 0 saturated heterocycles. The summed E-state index contributed by atoms with van der Waals surface area (Å²) in [6.45, 7) is 0. The van der Waals surface area contributed by atoms with Gasteiger partial charge in [-0.2, -0.15) is 10.2 Å². The second-order valence-electron chi connectivity index (χ2n) is 3.15. The number of carboxylic acids is 3. The molecule has 8 heteroatoms. The van der Waals surface area contributed by atoms with Gasteiger partial charge in [-0.1, -0.05) is 6.07 Å². The number of rotatable bonds is 5. The minimum absolute atomic E-state index is 0.0578. The van der Waals surface area contributed by atoms with E-state index in [-0.39, 0.29) is 11.3 Å². The summed E-state index contributed by atoms with van der Waals surface area (Å²) in [5, 5.41) is 32.3. The number of hydrogen-bond donors (Lipinski definition) is 3. The average molecular weight is 252 g/mol. The van der Waals surface area contributed by atoms with Crippen LogP contribution in [-0.2, 0) is 9.59 Å². The molecule has 0 aliphatic rings.